The molecule has 1 heterocycles. The molecule has 0 radical (unpaired) electrons. The minimum absolute atomic E-state index is 0.0572. The highest BCUT2D eigenvalue weighted by Gasteiger charge is 2.42. The van der Waals surface area contributed by atoms with Crippen LogP contribution in [-0.2, 0) is 27.5 Å². The maximum atomic E-state index is 13.2. The Kier molecular flexibility index (Phi) is 7.41. The van der Waals surface area contributed by atoms with Crippen LogP contribution >= 0.6 is 0 Å². The zero-order valence-electron chi connectivity index (χ0n) is 22.6. The van der Waals surface area contributed by atoms with Crippen LogP contribution in [0.15, 0.2) is 95.5 Å². The minimum atomic E-state index is -0.459. The first-order valence-electron chi connectivity index (χ1n) is 13.9. The van der Waals surface area contributed by atoms with E-state index >= 15 is 0 Å². The number of ether oxygens (including phenoxy) is 4. The lowest BCUT2D eigenvalue weighted by atomic mass is 9.73. The first-order valence-corrected chi connectivity index (χ1v) is 13.9. The van der Waals surface area contributed by atoms with Crippen LogP contribution < -0.4 is 14.2 Å². The molecule has 0 atom stereocenters. The number of rotatable bonds is 8. The summed E-state index contributed by atoms with van der Waals surface area (Å²) in [5.41, 5.74) is 4.06. The van der Waals surface area contributed by atoms with Gasteiger partial charge < -0.3 is 18.9 Å². The molecule has 3 aromatic carbocycles. The number of ketones is 2. The molecule has 2 aliphatic carbocycles. The maximum Gasteiger partial charge on any atom is 0.163 e. The fraction of sp³-hybridized carbons (Fsp3) is 0.294. The second kappa shape index (κ2) is 11.4. The van der Waals surface area contributed by atoms with Crippen LogP contribution in [0.2, 0.25) is 0 Å². The van der Waals surface area contributed by atoms with Gasteiger partial charge in [-0.25, -0.2) is 0 Å². The van der Waals surface area contributed by atoms with Gasteiger partial charge in [-0.3, -0.25) is 9.59 Å². The van der Waals surface area contributed by atoms with Crippen LogP contribution in [-0.4, -0.2) is 18.7 Å². The quantitative estimate of drug-likeness (QED) is 0.309. The van der Waals surface area contributed by atoms with Crippen LogP contribution in [0, 0.1) is 0 Å². The monoisotopic (exact) mass is 536 g/mol. The summed E-state index contributed by atoms with van der Waals surface area (Å²) in [6.45, 7) is 0.730. The number of Topliss-reactive ketones (excluding diaryl/α,β-unsaturated/α-hetero) is 2. The molecule has 0 amide bonds. The van der Waals surface area contributed by atoms with Crippen molar-refractivity contribution in [3.05, 3.63) is 112 Å². The SMILES string of the molecule is COc1cc(COc2ccccc2C2C3=C(CCCC3=O)OC3=C2C(=O)CCC3)ccc1OCc1ccccc1. The summed E-state index contributed by atoms with van der Waals surface area (Å²) in [6, 6.07) is 23.4. The van der Waals surface area contributed by atoms with Crippen LogP contribution in [0.5, 0.6) is 17.2 Å². The van der Waals surface area contributed by atoms with Crippen molar-refractivity contribution < 1.29 is 28.5 Å². The van der Waals surface area contributed by atoms with Gasteiger partial charge in [0.2, 0.25) is 0 Å². The van der Waals surface area contributed by atoms with Gasteiger partial charge in [-0.1, -0.05) is 54.6 Å². The Bertz CT molecular complexity index is 1460. The van der Waals surface area contributed by atoms with Crippen LogP contribution in [0.4, 0.5) is 0 Å². The Labute approximate surface area is 234 Å². The lowest BCUT2D eigenvalue weighted by molar-refractivity contribution is -0.117. The molecule has 3 aliphatic rings. The lowest BCUT2D eigenvalue weighted by Gasteiger charge is -2.36. The summed E-state index contributed by atoms with van der Waals surface area (Å²) in [6.07, 6.45) is 3.90. The molecular formula is C34H32O6. The topological polar surface area (TPSA) is 71.1 Å². The van der Waals surface area contributed by atoms with E-state index in [1.165, 1.54) is 0 Å². The fourth-order valence-corrected chi connectivity index (χ4v) is 5.80. The molecule has 0 saturated carbocycles. The van der Waals surface area contributed by atoms with Gasteiger partial charge in [-0.2, -0.15) is 0 Å². The average Bonchev–Trinajstić information content (AvgIpc) is 2.99. The van der Waals surface area contributed by atoms with Gasteiger partial charge in [0.25, 0.3) is 0 Å². The Balaban J connectivity index is 1.26. The summed E-state index contributed by atoms with van der Waals surface area (Å²) in [4.78, 5) is 26.4. The number of hydrogen-bond donors (Lipinski definition) is 0. The highest BCUT2D eigenvalue weighted by atomic mass is 16.5. The average molecular weight is 537 g/mol. The van der Waals surface area contributed by atoms with Gasteiger partial charge in [-0.05, 0) is 42.2 Å². The normalized spacial score (nSPS) is 17.2. The Morgan fingerprint density at radius 2 is 1.30 bits per heavy atom. The largest absolute Gasteiger partial charge is 0.493 e. The van der Waals surface area contributed by atoms with Crippen molar-refractivity contribution in [1.29, 1.82) is 0 Å². The van der Waals surface area contributed by atoms with Gasteiger partial charge in [0.1, 0.15) is 30.5 Å². The number of methoxy groups -OCH3 is 1. The third-order valence-electron chi connectivity index (χ3n) is 7.73. The smallest absolute Gasteiger partial charge is 0.163 e. The van der Waals surface area contributed by atoms with Crippen molar-refractivity contribution >= 4 is 11.6 Å². The van der Waals surface area contributed by atoms with Crippen LogP contribution in [0.25, 0.3) is 0 Å². The number of para-hydroxylation sites is 1. The molecular weight excluding hydrogens is 504 g/mol. The van der Waals surface area contributed by atoms with Crippen molar-refractivity contribution in [2.24, 2.45) is 0 Å². The maximum absolute atomic E-state index is 13.2. The highest BCUT2D eigenvalue weighted by molar-refractivity contribution is 6.06. The molecule has 204 valence electrons. The molecule has 0 saturated heterocycles. The van der Waals surface area contributed by atoms with E-state index < -0.39 is 5.92 Å². The van der Waals surface area contributed by atoms with Gasteiger partial charge >= 0.3 is 0 Å². The number of allylic oxidation sites excluding steroid dienone is 4. The van der Waals surface area contributed by atoms with Gasteiger partial charge in [0.15, 0.2) is 23.1 Å². The van der Waals surface area contributed by atoms with E-state index in [0.717, 1.165) is 41.1 Å². The predicted molar refractivity (Wildman–Crippen MR) is 150 cm³/mol. The number of benzene rings is 3. The Morgan fingerprint density at radius 3 is 2.00 bits per heavy atom. The molecule has 40 heavy (non-hydrogen) atoms. The predicted octanol–water partition coefficient (Wildman–Crippen LogP) is 6.98. The van der Waals surface area contributed by atoms with E-state index in [1.54, 1.807) is 7.11 Å². The number of carbonyl (C=O) groups excluding carboxylic acids is 2. The molecule has 0 fully saturated rings. The van der Waals surface area contributed by atoms with Crippen molar-refractivity contribution in [3.63, 3.8) is 0 Å². The van der Waals surface area contributed by atoms with E-state index in [0.29, 0.717) is 60.7 Å². The molecule has 0 aromatic heterocycles. The highest BCUT2D eigenvalue weighted by Crippen LogP contribution is 2.49. The molecule has 0 N–H and O–H groups in total. The van der Waals surface area contributed by atoms with Crippen molar-refractivity contribution in [1.82, 2.24) is 0 Å². The third-order valence-corrected chi connectivity index (χ3v) is 7.73. The number of carbonyl (C=O) groups is 2. The molecule has 3 aromatic rings. The van der Waals surface area contributed by atoms with Crippen molar-refractivity contribution in [2.75, 3.05) is 7.11 Å². The van der Waals surface area contributed by atoms with E-state index in [4.69, 9.17) is 18.9 Å². The summed E-state index contributed by atoms with van der Waals surface area (Å²) in [7, 11) is 1.62. The molecule has 0 bridgehead atoms. The standard InChI is InChI=1S/C34H32O6/c1-37-31-19-23(17-18-28(31)39-20-22-9-3-2-4-10-22)21-38-27-14-6-5-11-24(27)32-33-25(35)12-7-15-29(33)40-30-16-8-13-26(36)34(30)32/h2-6,9-11,14,17-19,32H,7-8,12-13,15-16,20-21H2,1H3. The molecule has 0 spiro atoms. The summed E-state index contributed by atoms with van der Waals surface area (Å²) < 4.78 is 24.2. The van der Waals surface area contributed by atoms with Crippen molar-refractivity contribution in [3.8, 4) is 17.2 Å². The summed E-state index contributed by atoms with van der Waals surface area (Å²) in [5.74, 6) is 3.03. The fourth-order valence-electron chi connectivity index (χ4n) is 5.80. The zero-order chi connectivity index (χ0) is 27.5. The molecule has 6 nitrogen and oxygen atoms in total. The molecule has 6 heteroatoms. The summed E-state index contributed by atoms with van der Waals surface area (Å²) in [5, 5.41) is 0. The summed E-state index contributed by atoms with van der Waals surface area (Å²) >= 11 is 0. The second-order valence-corrected chi connectivity index (χ2v) is 10.3. The van der Waals surface area contributed by atoms with E-state index in [-0.39, 0.29) is 18.2 Å². The van der Waals surface area contributed by atoms with E-state index in [9.17, 15) is 9.59 Å². The minimum Gasteiger partial charge on any atom is -0.493 e. The lowest BCUT2D eigenvalue weighted by Crippen LogP contribution is -2.30. The van der Waals surface area contributed by atoms with E-state index in [2.05, 4.69) is 0 Å². The third kappa shape index (κ3) is 5.14. The van der Waals surface area contributed by atoms with Gasteiger partial charge in [0.05, 0.1) is 13.0 Å². The van der Waals surface area contributed by atoms with Gasteiger partial charge in [-0.15, -0.1) is 0 Å². The number of hydrogen-bond acceptors (Lipinski definition) is 6. The molecule has 0 unspecified atom stereocenters. The zero-order valence-corrected chi connectivity index (χ0v) is 22.6. The Hall–Kier alpha value is -4.32. The van der Waals surface area contributed by atoms with Crippen LogP contribution in [0.3, 0.4) is 0 Å². The Morgan fingerprint density at radius 1 is 0.675 bits per heavy atom. The van der Waals surface area contributed by atoms with E-state index in [1.807, 2.05) is 72.8 Å². The first kappa shape index (κ1) is 25.9. The molecule has 1 aliphatic heterocycles. The molecule has 6 rings (SSSR count). The van der Waals surface area contributed by atoms with Crippen molar-refractivity contribution in [2.45, 2.75) is 57.7 Å². The van der Waals surface area contributed by atoms with Crippen LogP contribution in [0.1, 0.15) is 61.1 Å². The second-order valence-electron chi connectivity index (χ2n) is 10.3. The first-order chi connectivity index (χ1) is 19.6. The van der Waals surface area contributed by atoms with Gasteiger partial charge in [0, 0.05) is 42.4 Å².